The number of hydrogen-bond donors (Lipinski definition) is 1. The van der Waals surface area contributed by atoms with Crippen molar-refractivity contribution in [2.75, 3.05) is 18.0 Å². The summed E-state index contributed by atoms with van der Waals surface area (Å²) in [5.74, 6) is 1.29. The third kappa shape index (κ3) is 4.75. The Morgan fingerprint density at radius 1 is 0.973 bits per heavy atom. The Morgan fingerprint density at radius 2 is 1.76 bits per heavy atom. The average Bonchev–Trinajstić information content (AvgIpc) is 3.29. The summed E-state index contributed by atoms with van der Waals surface area (Å²) in [6.45, 7) is 6.82. The second kappa shape index (κ2) is 10.0. The Hall–Kier alpha value is -3.60. The van der Waals surface area contributed by atoms with Crippen LogP contribution in [0.4, 0.5) is 5.95 Å². The predicted octanol–water partition coefficient (Wildman–Crippen LogP) is 6.11. The second-order valence-electron chi connectivity index (χ2n) is 10.8. The van der Waals surface area contributed by atoms with E-state index in [1.165, 1.54) is 27.8 Å². The third-order valence-electron chi connectivity index (χ3n) is 8.30. The van der Waals surface area contributed by atoms with Gasteiger partial charge in [0.2, 0.25) is 11.9 Å². The highest BCUT2D eigenvalue weighted by atomic mass is 16.2. The molecule has 1 aromatic heterocycles. The van der Waals surface area contributed by atoms with E-state index in [-0.39, 0.29) is 17.9 Å². The van der Waals surface area contributed by atoms with Crippen LogP contribution in [0.25, 0.3) is 11.0 Å². The van der Waals surface area contributed by atoms with Gasteiger partial charge in [-0.05, 0) is 80.3 Å². The Kier molecular flexibility index (Phi) is 6.45. The van der Waals surface area contributed by atoms with E-state index in [4.69, 9.17) is 4.98 Å². The highest BCUT2D eigenvalue weighted by Crippen LogP contribution is 2.32. The van der Waals surface area contributed by atoms with Gasteiger partial charge in [0.15, 0.2) is 0 Å². The molecule has 1 fully saturated rings. The Balaban J connectivity index is 1.18. The number of carbonyl (C=O) groups is 1. The highest BCUT2D eigenvalue weighted by molar-refractivity contribution is 5.80. The quantitative estimate of drug-likeness (QED) is 0.366. The van der Waals surface area contributed by atoms with Gasteiger partial charge in [0.25, 0.3) is 0 Å². The normalized spacial score (nSPS) is 18.1. The molecule has 6 rings (SSSR count). The fourth-order valence-corrected chi connectivity index (χ4v) is 6.14. The summed E-state index contributed by atoms with van der Waals surface area (Å²) in [6.07, 6.45) is 4.99. The van der Waals surface area contributed by atoms with Crippen LogP contribution in [0.3, 0.4) is 0 Å². The summed E-state index contributed by atoms with van der Waals surface area (Å²) in [6, 6.07) is 23.8. The minimum absolute atomic E-state index is 0.0576. The van der Waals surface area contributed by atoms with Gasteiger partial charge in [-0.25, -0.2) is 4.98 Å². The number of imidazole rings is 1. The number of aryl methyl sites for hydroxylation is 3. The first-order valence-corrected chi connectivity index (χ1v) is 13.7. The number of amides is 1. The van der Waals surface area contributed by atoms with Gasteiger partial charge in [-0.3, -0.25) is 4.79 Å². The summed E-state index contributed by atoms with van der Waals surface area (Å²) in [4.78, 5) is 20.7. The van der Waals surface area contributed by atoms with Crippen LogP contribution in [-0.4, -0.2) is 28.5 Å². The van der Waals surface area contributed by atoms with Gasteiger partial charge in [0.05, 0.1) is 23.6 Å². The number of piperidine rings is 1. The molecule has 1 aliphatic carbocycles. The van der Waals surface area contributed by atoms with Crippen molar-refractivity contribution in [3.8, 4) is 0 Å². The van der Waals surface area contributed by atoms with Gasteiger partial charge < -0.3 is 14.8 Å². The number of fused-ring (bicyclic) bond motifs is 2. The van der Waals surface area contributed by atoms with E-state index in [1.807, 2.05) is 0 Å². The van der Waals surface area contributed by atoms with Gasteiger partial charge in [-0.1, -0.05) is 60.2 Å². The van der Waals surface area contributed by atoms with Crippen molar-refractivity contribution < 1.29 is 4.79 Å². The number of nitrogens with one attached hydrogen (secondary N) is 1. The number of para-hydroxylation sites is 2. The molecule has 0 bridgehead atoms. The lowest BCUT2D eigenvalue weighted by Crippen LogP contribution is -2.42. The number of anilines is 1. The van der Waals surface area contributed by atoms with Crippen LogP contribution in [0.15, 0.2) is 66.7 Å². The van der Waals surface area contributed by atoms with Crippen molar-refractivity contribution in [2.24, 2.45) is 5.92 Å². The van der Waals surface area contributed by atoms with Crippen LogP contribution in [0.5, 0.6) is 0 Å². The smallest absolute Gasteiger partial charge is 0.223 e. The molecule has 1 N–H and O–H groups in total. The predicted molar refractivity (Wildman–Crippen MR) is 150 cm³/mol. The van der Waals surface area contributed by atoms with E-state index < -0.39 is 0 Å². The zero-order valence-electron chi connectivity index (χ0n) is 21.9. The monoisotopic (exact) mass is 492 g/mol. The van der Waals surface area contributed by atoms with E-state index in [0.717, 1.165) is 68.7 Å². The molecule has 190 valence electrons. The van der Waals surface area contributed by atoms with Crippen molar-refractivity contribution in [1.29, 1.82) is 0 Å². The molecular weight excluding hydrogens is 456 g/mol. The van der Waals surface area contributed by atoms with Crippen LogP contribution >= 0.6 is 0 Å². The molecule has 5 nitrogen and oxygen atoms in total. The van der Waals surface area contributed by atoms with E-state index in [2.05, 4.69) is 95.4 Å². The number of nitrogens with zero attached hydrogens (tertiary/aromatic N) is 3. The molecule has 0 radical (unpaired) electrons. The van der Waals surface area contributed by atoms with Crippen molar-refractivity contribution in [1.82, 2.24) is 14.9 Å². The first kappa shape index (κ1) is 23.8. The zero-order valence-corrected chi connectivity index (χ0v) is 21.9. The maximum Gasteiger partial charge on any atom is 0.223 e. The molecule has 4 aromatic rings. The van der Waals surface area contributed by atoms with Gasteiger partial charge in [-0.15, -0.1) is 0 Å². The lowest BCUT2D eigenvalue weighted by molar-refractivity contribution is -0.126. The topological polar surface area (TPSA) is 50.2 Å². The second-order valence-corrected chi connectivity index (χ2v) is 10.8. The Labute approximate surface area is 219 Å². The van der Waals surface area contributed by atoms with Gasteiger partial charge in [0.1, 0.15) is 0 Å². The standard InChI is InChI=1S/C32H36N4O/c1-22-14-15-23(2)26(20-22)21-36-30-13-6-5-11-29(30)34-32(36)35-18-16-25(17-19-35)31(37)33-28-12-7-9-24-8-3-4-10-27(24)28/h3-6,8,10-11,13-15,20,25,28H,7,9,12,16-19,21H2,1-2H3,(H,33,37)/t28-/m0/s1. The lowest BCUT2D eigenvalue weighted by atomic mass is 9.87. The minimum Gasteiger partial charge on any atom is -0.349 e. The molecule has 0 spiro atoms. The van der Waals surface area contributed by atoms with Crippen LogP contribution < -0.4 is 10.2 Å². The van der Waals surface area contributed by atoms with Crippen molar-refractivity contribution in [3.05, 3.63) is 94.5 Å². The van der Waals surface area contributed by atoms with Crippen molar-refractivity contribution in [3.63, 3.8) is 0 Å². The molecule has 1 saturated heterocycles. The summed E-state index contributed by atoms with van der Waals surface area (Å²) in [7, 11) is 0. The minimum atomic E-state index is 0.0576. The summed E-state index contributed by atoms with van der Waals surface area (Å²) in [5.41, 5.74) is 8.78. The first-order chi connectivity index (χ1) is 18.1. The van der Waals surface area contributed by atoms with Crippen LogP contribution in [0.2, 0.25) is 0 Å². The zero-order chi connectivity index (χ0) is 25.4. The van der Waals surface area contributed by atoms with E-state index in [0.29, 0.717) is 0 Å². The summed E-state index contributed by atoms with van der Waals surface area (Å²) >= 11 is 0. The molecule has 0 saturated carbocycles. The molecule has 5 heteroatoms. The first-order valence-electron chi connectivity index (χ1n) is 13.7. The lowest BCUT2D eigenvalue weighted by Gasteiger charge is -2.34. The Bertz CT molecular complexity index is 1430. The molecular formula is C32H36N4O. The fraction of sp³-hybridized carbons (Fsp3) is 0.375. The van der Waals surface area contributed by atoms with Gasteiger partial charge in [0, 0.05) is 19.0 Å². The molecule has 0 unspecified atom stereocenters. The molecule has 2 aliphatic rings. The summed E-state index contributed by atoms with van der Waals surface area (Å²) in [5, 5.41) is 3.40. The number of rotatable bonds is 5. The third-order valence-corrected chi connectivity index (χ3v) is 8.30. The van der Waals surface area contributed by atoms with Crippen LogP contribution in [0.1, 0.15) is 59.5 Å². The van der Waals surface area contributed by atoms with Crippen LogP contribution in [0, 0.1) is 19.8 Å². The highest BCUT2D eigenvalue weighted by Gasteiger charge is 2.30. The maximum absolute atomic E-state index is 13.3. The molecule has 3 aromatic carbocycles. The van der Waals surface area contributed by atoms with Crippen LogP contribution in [-0.2, 0) is 17.8 Å². The van der Waals surface area contributed by atoms with Crippen molar-refractivity contribution in [2.45, 2.75) is 58.5 Å². The van der Waals surface area contributed by atoms with Gasteiger partial charge in [-0.2, -0.15) is 0 Å². The number of aromatic nitrogens is 2. The molecule has 37 heavy (non-hydrogen) atoms. The van der Waals surface area contributed by atoms with Gasteiger partial charge >= 0.3 is 0 Å². The van der Waals surface area contributed by atoms with Crippen molar-refractivity contribution >= 4 is 22.9 Å². The fourth-order valence-electron chi connectivity index (χ4n) is 6.14. The SMILES string of the molecule is Cc1ccc(C)c(Cn2c(N3CCC(C(=O)N[C@H]4CCCc5ccccc54)CC3)nc3ccccc32)c1. The van der Waals surface area contributed by atoms with E-state index in [1.54, 1.807) is 0 Å². The maximum atomic E-state index is 13.3. The van der Waals surface area contributed by atoms with E-state index >= 15 is 0 Å². The average molecular weight is 493 g/mol. The Morgan fingerprint density at radius 3 is 2.62 bits per heavy atom. The molecule has 1 aliphatic heterocycles. The molecule has 1 amide bonds. The number of carbonyl (C=O) groups excluding carboxylic acids is 1. The number of benzene rings is 3. The molecule has 1 atom stereocenters. The van der Waals surface area contributed by atoms with E-state index in [9.17, 15) is 4.79 Å². The number of hydrogen-bond acceptors (Lipinski definition) is 3. The largest absolute Gasteiger partial charge is 0.349 e. The summed E-state index contributed by atoms with van der Waals surface area (Å²) < 4.78 is 2.36. The molecule has 2 heterocycles.